The molecule has 1 aromatic carbocycles. The molecule has 1 aliphatic rings. The van der Waals surface area contributed by atoms with Gasteiger partial charge in [0.15, 0.2) is 5.76 Å². The summed E-state index contributed by atoms with van der Waals surface area (Å²) in [5.74, 6) is 1.63. The summed E-state index contributed by atoms with van der Waals surface area (Å²) in [7, 11) is 0. The van der Waals surface area contributed by atoms with Crippen molar-refractivity contribution < 1.29 is 9.52 Å². The largest absolute Gasteiger partial charge is 0.502 e. The lowest BCUT2D eigenvalue weighted by atomic mass is 10.2. The summed E-state index contributed by atoms with van der Waals surface area (Å²) in [4.78, 5) is 16.2. The predicted octanol–water partition coefficient (Wildman–Crippen LogP) is 2.59. The molecule has 0 amide bonds. The smallest absolute Gasteiger partial charge is 0.227 e. The van der Waals surface area contributed by atoms with Crippen LogP contribution in [0.1, 0.15) is 11.5 Å². The van der Waals surface area contributed by atoms with Crippen LogP contribution in [0.25, 0.3) is 10.1 Å². The first kappa shape index (κ1) is 16.1. The van der Waals surface area contributed by atoms with Crippen molar-refractivity contribution >= 4 is 27.4 Å². The van der Waals surface area contributed by atoms with E-state index in [0.717, 1.165) is 32.0 Å². The normalized spacial score (nSPS) is 15.8. The number of hydrogen-bond acceptors (Lipinski definition) is 7. The second kappa shape index (κ2) is 6.50. The van der Waals surface area contributed by atoms with Crippen LogP contribution < -0.4 is 10.3 Å². The number of aromatic nitrogens is 1. The van der Waals surface area contributed by atoms with Crippen LogP contribution in [-0.2, 0) is 6.54 Å². The zero-order chi connectivity index (χ0) is 17.4. The fourth-order valence-electron chi connectivity index (χ4n) is 3.19. The molecule has 0 atom stereocenters. The Labute approximate surface area is 149 Å². The number of piperazine rings is 1. The highest BCUT2D eigenvalue weighted by Crippen LogP contribution is 2.30. The van der Waals surface area contributed by atoms with Crippen molar-refractivity contribution in [3.8, 4) is 5.75 Å². The van der Waals surface area contributed by atoms with Crippen molar-refractivity contribution in [2.45, 2.75) is 13.5 Å². The molecule has 0 unspecified atom stereocenters. The van der Waals surface area contributed by atoms with Crippen molar-refractivity contribution in [3.05, 3.63) is 52.1 Å². The summed E-state index contributed by atoms with van der Waals surface area (Å²) in [6.45, 7) is 5.50. The Morgan fingerprint density at radius 2 is 2.00 bits per heavy atom. The minimum atomic E-state index is -0.383. The Morgan fingerprint density at radius 1 is 1.24 bits per heavy atom. The van der Waals surface area contributed by atoms with Crippen LogP contribution in [0.3, 0.4) is 0 Å². The van der Waals surface area contributed by atoms with Crippen molar-refractivity contribution in [1.29, 1.82) is 0 Å². The molecule has 25 heavy (non-hydrogen) atoms. The number of aryl methyl sites for hydroxylation is 1. The van der Waals surface area contributed by atoms with Gasteiger partial charge in [0.1, 0.15) is 11.6 Å². The summed E-state index contributed by atoms with van der Waals surface area (Å²) in [6, 6.07) is 9.59. The molecular weight excluding hydrogens is 338 g/mol. The van der Waals surface area contributed by atoms with Crippen LogP contribution in [0.15, 0.2) is 39.5 Å². The van der Waals surface area contributed by atoms with Crippen molar-refractivity contribution in [2.24, 2.45) is 0 Å². The van der Waals surface area contributed by atoms with Gasteiger partial charge in [-0.1, -0.05) is 12.1 Å². The zero-order valence-corrected chi connectivity index (χ0v) is 14.8. The molecule has 1 N–H and O–H groups in total. The molecule has 1 fully saturated rings. The SMILES string of the molecule is Cc1cc(=O)c(O)c(CN2CCN(c3nsc4ccccc34)CC2)o1. The van der Waals surface area contributed by atoms with Crippen molar-refractivity contribution in [3.63, 3.8) is 0 Å². The number of anilines is 1. The average Bonchev–Trinajstić information content (AvgIpc) is 3.04. The number of nitrogens with zero attached hydrogens (tertiary/aromatic N) is 3. The Morgan fingerprint density at radius 3 is 2.80 bits per heavy atom. The molecule has 0 saturated carbocycles. The van der Waals surface area contributed by atoms with Gasteiger partial charge in [0.2, 0.25) is 11.2 Å². The monoisotopic (exact) mass is 357 g/mol. The van der Waals surface area contributed by atoms with Gasteiger partial charge in [0, 0.05) is 37.6 Å². The van der Waals surface area contributed by atoms with E-state index in [0.29, 0.717) is 18.1 Å². The standard InChI is InChI=1S/C18H19N3O3S/c1-12-10-14(22)17(23)15(24-12)11-20-6-8-21(9-7-20)18-13-4-2-3-5-16(13)25-19-18/h2-5,10,23H,6-9,11H2,1H3. The topological polar surface area (TPSA) is 69.8 Å². The zero-order valence-electron chi connectivity index (χ0n) is 13.9. The van der Waals surface area contributed by atoms with Crippen molar-refractivity contribution in [1.82, 2.24) is 9.27 Å². The number of fused-ring (bicyclic) bond motifs is 1. The summed E-state index contributed by atoms with van der Waals surface area (Å²) in [5, 5.41) is 11.1. The van der Waals surface area contributed by atoms with Gasteiger partial charge in [-0.2, -0.15) is 4.37 Å². The predicted molar refractivity (Wildman–Crippen MR) is 98.5 cm³/mol. The van der Waals surface area contributed by atoms with E-state index in [4.69, 9.17) is 4.42 Å². The molecule has 0 spiro atoms. The number of aromatic hydroxyl groups is 1. The molecule has 0 radical (unpaired) electrons. The molecule has 0 aliphatic carbocycles. The quantitative estimate of drug-likeness (QED) is 0.777. The van der Waals surface area contributed by atoms with Gasteiger partial charge in [-0.15, -0.1) is 0 Å². The Hall–Kier alpha value is -2.38. The van der Waals surface area contributed by atoms with E-state index in [1.54, 1.807) is 6.92 Å². The second-order valence-corrected chi connectivity index (χ2v) is 7.06. The third kappa shape index (κ3) is 3.12. The minimum Gasteiger partial charge on any atom is -0.502 e. The molecule has 130 valence electrons. The van der Waals surface area contributed by atoms with E-state index in [-0.39, 0.29) is 11.2 Å². The highest BCUT2D eigenvalue weighted by molar-refractivity contribution is 7.13. The molecule has 3 heterocycles. The summed E-state index contributed by atoms with van der Waals surface area (Å²) >= 11 is 1.53. The van der Waals surface area contributed by atoms with Crippen LogP contribution in [0.4, 0.5) is 5.82 Å². The summed E-state index contributed by atoms with van der Waals surface area (Å²) in [5.41, 5.74) is -0.383. The lowest BCUT2D eigenvalue weighted by molar-refractivity contribution is 0.220. The van der Waals surface area contributed by atoms with Gasteiger partial charge in [0.05, 0.1) is 11.2 Å². The van der Waals surface area contributed by atoms with E-state index in [1.165, 1.54) is 27.7 Å². The highest BCUT2D eigenvalue weighted by Gasteiger charge is 2.22. The Kier molecular flexibility index (Phi) is 4.19. The fraction of sp³-hybridized carbons (Fsp3) is 0.333. The van der Waals surface area contributed by atoms with Crippen LogP contribution in [-0.4, -0.2) is 40.6 Å². The van der Waals surface area contributed by atoms with Gasteiger partial charge in [0.25, 0.3) is 0 Å². The van der Waals surface area contributed by atoms with Crippen LogP contribution in [0, 0.1) is 6.92 Å². The Balaban J connectivity index is 1.46. The first-order chi connectivity index (χ1) is 12.1. The maximum atomic E-state index is 11.7. The van der Waals surface area contributed by atoms with Gasteiger partial charge in [-0.25, -0.2) is 0 Å². The third-order valence-corrected chi connectivity index (χ3v) is 5.33. The molecule has 2 aromatic heterocycles. The van der Waals surface area contributed by atoms with Gasteiger partial charge < -0.3 is 14.4 Å². The first-order valence-electron chi connectivity index (χ1n) is 8.26. The maximum absolute atomic E-state index is 11.7. The minimum absolute atomic E-state index is 0.279. The van der Waals surface area contributed by atoms with E-state index in [1.807, 2.05) is 12.1 Å². The number of hydrogen-bond donors (Lipinski definition) is 1. The number of rotatable bonds is 3. The van der Waals surface area contributed by atoms with E-state index in [9.17, 15) is 9.90 Å². The van der Waals surface area contributed by atoms with Crippen LogP contribution >= 0.6 is 11.5 Å². The van der Waals surface area contributed by atoms with E-state index < -0.39 is 0 Å². The molecule has 6 nitrogen and oxygen atoms in total. The molecule has 3 aromatic rings. The molecule has 4 rings (SSSR count). The average molecular weight is 357 g/mol. The third-order valence-electron chi connectivity index (χ3n) is 4.51. The van der Waals surface area contributed by atoms with Crippen LogP contribution in [0.2, 0.25) is 0 Å². The number of benzene rings is 1. The highest BCUT2D eigenvalue weighted by atomic mass is 32.1. The van der Waals surface area contributed by atoms with Gasteiger partial charge in [-0.05, 0) is 30.6 Å². The van der Waals surface area contributed by atoms with Gasteiger partial charge in [-0.3, -0.25) is 9.69 Å². The van der Waals surface area contributed by atoms with E-state index in [2.05, 4.69) is 26.3 Å². The lowest BCUT2D eigenvalue weighted by Gasteiger charge is -2.34. The second-order valence-electron chi connectivity index (χ2n) is 6.26. The molecule has 0 bridgehead atoms. The lowest BCUT2D eigenvalue weighted by Crippen LogP contribution is -2.46. The van der Waals surface area contributed by atoms with Crippen molar-refractivity contribution in [2.75, 3.05) is 31.1 Å². The maximum Gasteiger partial charge on any atom is 0.227 e. The summed E-state index contributed by atoms with van der Waals surface area (Å²) < 4.78 is 11.3. The summed E-state index contributed by atoms with van der Waals surface area (Å²) in [6.07, 6.45) is 0. The molecule has 1 aliphatic heterocycles. The van der Waals surface area contributed by atoms with Crippen LogP contribution in [0.5, 0.6) is 5.75 Å². The molecule has 1 saturated heterocycles. The Bertz CT molecular complexity index is 958. The first-order valence-corrected chi connectivity index (χ1v) is 9.03. The van der Waals surface area contributed by atoms with Gasteiger partial charge >= 0.3 is 0 Å². The molecule has 7 heteroatoms. The van der Waals surface area contributed by atoms with E-state index >= 15 is 0 Å². The fourth-order valence-corrected chi connectivity index (χ4v) is 3.99. The molecular formula is C18H19N3O3S.